The van der Waals surface area contributed by atoms with E-state index in [2.05, 4.69) is 21.3 Å². The maximum atomic E-state index is 14.5. The maximum Gasteiger partial charge on any atom is 0.416 e. The highest BCUT2D eigenvalue weighted by molar-refractivity contribution is 7.99. The van der Waals surface area contributed by atoms with Crippen LogP contribution in [0.25, 0.3) is 0 Å². The van der Waals surface area contributed by atoms with Gasteiger partial charge in [0.15, 0.2) is 11.6 Å². The SMILES string of the molecule is CNCC(=O)NCCSc1c(CC(=O)CCCCCC(=N)N)cc(C(F)(F)F)cc1CC(=O)c1cccc(C(=O)Cc2cc(C(F)(F)F)cc(CC(=O)CCCCCC(=N)N)c2SCCNC(=O)CNC)c1. The third-order valence-electron chi connectivity index (χ3n) is 10.9. The predicted octanol–water partition coefficient (Wildman–Crippen LogP) is 7.43. The van der Waals surface area contributed by atoms with Gasteiger partial charge >= 0.3 is 12.4 Å². The monoisotopic (exact) mass is 1050 g/mol. The molecule has 2 amide bonds. The van der Waals surface area contributed by atoms with Gasteiger partial charge < -0.3 is 32.7 Å². The number of halogens is 6. The first kappa shape index (κ1) is 60.7. The number of amidine groups is 2. The van der Waals surface area contributed by atoms with Crippen LogP contribution in [0, 0.1) is 10.8 Å². The number of likely N-dealkylation sites (N-methyl/N-ethyl adjacent to an activating group) is 2. The van der Waals surface area contributed by atoms with Crippen LogP contribution < -0.4 is 32.7 Å². The van der Waals surface area contributed by atoms with Crippen molar-refractivity contribution in [3.8, 4) is 0 Å². The third kappa shape index (κ3) is 22.0. The van der Waals surface area contributed by atoms with Crippen LogP contribution in [0.5, 0.6) is 0 Å². The number of thioether (sulfide) groups is 2. The summed E-state index contributed by atoms with van der Waals surface area (Å²) in [5, 5.41) is 25.6. The quantitative estimate of drug-likeness (QED) is 0.00727. The Morgan fingerprint density at radius 2 is 0.875 bits per heavy atom. The average Bonchev–Trinajstić information content (AvgIpc) is 3.29. The van der Waals surface area contributed by atoms with Gasteiger partial charge in [0.2, 0.25) is 11.8 Å². The van der Waals surface area contributed by atoms with E-state index >= 15 is 0 Å². The van der Waals surface area contributed by atoms with Crippen molar-refractivity contribution < 1.29 is 55.1 Å². The van der Waals surface area contributed by atoms with Crippen LogP contribution in [0.1, 0.15) is 118 Å². The Morgan fingerprint density at radius 3 is 1.21 bits per heavy atom. The fourth-order valence-corrected chi connectivity index (χ4v) is 9.59. The number of hydrogen-bond acceptors (Lipinski definition) is 12. The Labute approximate surface area is 424 Å². The molecule has 0 atom stereocenters. The van der Waals surface area contributed by atoms with E-state index < -0.39 is 47.9 Å². The van der Waals surface area contributed by atoms with Gasteiger partial charge in [0.1, 0.15) is 11.6 Å². The standard InChI is InChI=1S/C50H64F6N8O6S2/c1-61-29-45(69)63-16-18-71-47-33(25-39(65)12-5-3-7-14-43(57)58)21-37(49(51,52)53)23-35(47)27-41(67)31-10-9-11-32(20-31)42(68)28-36-24-38(50(54,55)56)22-34(26-40(66)13-6-4-8-15-44(59)60)48(36)72-19-17-64-46(70)30-62-2/h9-11,20-24,61-62H,3-8,12-19,25-30H2,1-2H3,(H3,57,58)(H3,59,60)(H,63,69)(H,64,70). The van der Waals surface area contributed by atoms with Crippen molar-refractivity contribution in [2.24, 2.45) is 11.5 Å². The lowest BCUT2D eigenvalue weighted by molar-refractivity contribution is -0.138. The third-order valence-corrected chi connectivity index (χ3v) is 13.4. The Hall–Kier alpha value is -5.58. The molecule has 0 saturated carbocycles. The van der Waals surface area contributed by atoms with Crippen LogP contribution in [-0.2, 0) is 57.2 Å². The van der Waals surface area contributed by atoms with Gasteiger partial charge in [-0.15, -0.1) is 23.5 Å². The summed E-state index contributed by atoms with van der Waals surface area (Å²) < 4.78 is 86.8. The van der Waals surface area contributed by atoms with Crippen LogP contribution in [0.15, 0.2) is 58.3 Å². The van der Waals surface area contributed by atoms with Gasteiger partial charge in [-0.05, 0) is 92.4 Å². The first-order chi connectivity index (χ1) is 34.0. The predicted molar refractivity (Wildman–Crippen MR) is 268 cm³/mol. The molecule has 0 aliphatic heterocycles. The van der Waals surface area contributed by atoms with Crippen molar-refractivity contribution in [1.29, 1.82) is 10.8 Å². The molecular weight excluding hydrogens is 987 g/mol. The lowest BCUT2D eigenvalue weighted by atomic mass is 9.93. The summed E-state index contributed by atoms with van der Waals surface area (Å²) in [5.74, 6) is -2.43. The summed E-state index contributed by atoms with van der Waals surface area (Å²) in [4.78, 5) is 79.4. The molecule has 0 aliphatic carbocycles. The summed E-state index contributed by atoms with van der Waals surface area (Å²) in [6.45, 7) is 0.246. The minimum absolute atomic E-state index is 0.0000678. The molecule has 22 heteroatoms. The number of carbonyl (C=O) groups excluding carboxylic acids is 6. The number of Topliss-reactive ketones (excluding diaryl/α,β-unsaturated/α-hetero) is 4. The van der Waals surface area contributed by atoms with E-state index in [1.807, 2.05) is 0 Å². The molecule has 394 valence electrons. The summed E-state index contributed by atoms with van der Waals surface area (Å²) >= 11 is 2.13. The lowest BCUT2D eigenvalue weighted by Crippen LogP contribution is -2.33. The van der Waals surface area contributed by atoms with E-state index in [4.69, 9.17) is 22.3 Å². The fraction of sp³-hybridized carbons (Fsp3) is 0.480. The fourth-order valence-electron chi connectivity index (χ4n) is 7.51. The van der Waals surface area contributed by atoms with Gasteiger partial charge in [0.05, 0.1) is 35.9 Å². The molecule has 0 unspecified atom stereocenters. The highest BCUT2D eigenvalue weighted by atomic mass is 32.2. The average molecular weight is 1050 g/mol. The Morgan fingerprint density at radius 1 is 0.528 bits per heavy atom. The van der Waals surface area contributed by atoms with Gasteiger partial charge in [-0.25, -0.2) is 0 Å². The number of alkyl halides is 6. The minimum Gasteiger partial charge on any atom is -0.388 e. The van der Waals surface area contributed by atoms with E-state index in [0.717, 1.165) is 47.8 Å². The van der Waals surface area contributed by atoms with Crippen molar-refractivity contribution in [1.82, 2.24) is 21.3 Å². The second-order valence-corrected chi connectivity index (χ2v) is 19.3. The number of ketones is 4. The highest BCUT2D eigenvalue weighted by Crippen LogP contribution is 2.39. The summed E-state index contributed by atoms with van der Waals surface area (Å²) in [5.41, 5.74) is 8.45. The van der Waals surface area contributed by atoms with Crippen molar-refractivity contribution in [3.05, 3.63) is 93.0 Å². The van der Waals surface area contributed by atoms with Gasteiger partial charge in [0.25, 0.3) is 0 Å². The van der Waals surface area contributed by atoms with E-state index in [9.17, 15) is 55.1 Å². The minimum atomic E-state index is -4.87. The van der Waals surface area contributed by atoms with E-state index in [1.54, 1.807) is 14.1 Å². The molecule has 3 aromatic carbocycles. The molecule has 0 fully saturated rings. The molecule has 0 spiro atoms. The number of rotatable bonds is 34. The Kier molecular flexibility index (Phi) is 25.7. The first-order valence-electron chi connectivity index (χ1n) is 23.4. The summed E-state index contributed by atoms with van der Waals surface area (Å²) in [7, 11) is 3.16. The number of nitrogens with one attached hydrogen (secondary N) is 6. The van der Waals surface area contributed by atoms with Crippen molar-refractivity contribution in [2.45, 2.75) is 112 Å². The van der Waals surface area contributed by atoms with E-state index in [-0.39, 0.29) is 142 Å². The van der Waals surface area contributed by atoms with E-state index in [0.29, 0.717) is 51.4 Å². The van der Waals surface area contributed by atoms with Crippen molar-refractivity contribution in [3.63, 3.8) is 0 Å². The number of benzene rings is 3. The second-order valence-electron chi connectivity index (χ2n) is 17.1. The molecule has 72 heavy (non-hydrogen) atoms. The zero-order valence-electron chi connectivity index (χ0n) is 40.4. The highest BCUT2D eigenvalue weighted by Gasteiger charge is 2.34. The molecule has 10 N–H and O–H groups in total. The second kappa shape index (κ2) is 30.5. The smallest absolute Gasteiger partial charge is 0.388 e. The Balaban J connectivity index is 2.02. The van der Waals surface area contributed by atoms with Crippen LogP contribution in [0.3, 0.4) is 0 Å². The molecule has 0 bridgehead atoms. The Bertz CT molecular complexity index is 2240. The zero-order valence-corrected chi connectivity index (χ0v) is 42.1. The molecule has 3 aromatic rings. The topological polar surface area (TPSA) is 250 Å². The van der Waals surface area contributed by atoms with Crippen molar-refractivity contribution in [2.75, 3.05) is 51.8 Å². The van der Waals surface area contributed by atoms with Gasteiger partial charge in [-0.1, -0.05) is 31.0 Å². The number of nitrogens with two attached hydrogens (primary N) is 2. The van der Waals surface area contributed by atoms with E-state index in [1.165, 1.54) is 24.3 Å². The molecule has 0 aromatic heterocycles. The van der Waals surface area contributed by atoms with Crippen molar-refractivity contribution >= 4 is 70.1 Å². The maximum absolute atomic E-state index is 14.5. The van der Waals surface area contributed by atoms with Gasteiger partial charge in [0, 0.05) is 96.9 Å². The van der Waals surface area contributed by atoms with Gasteiger partial charge in [-0.2, -0.15) is 26.3 Å². The van der Waals surface area contributed by atoms with Crippen LogP contribution in [0.4, 0.5) is 26.3 Å². The van der Waals surface area contributed by atoms with Crippen LogP contribution >= 0.6 is 23.5 Å². The lowest BCUT2D eigenvalue weighted by Gasteiger charge is -2.19. The summed E-state index contributed by atoms with van der Waals surface area (Å²) in [6.07, 6.45) is -7.83. The number of unbranched alkanes of at least 4 members (excludes halogenated alkanes) is 4. The number of amides is 2. The largest absolute Gasteiger partial charge is 0.416 e. The summed E-state index contributed by atoms with van der Waals surface area (Å²) in [6, 6.07) is 8.71. The first-order valence-corrected chi connectivity index (χ1v) is 25.4. The normalized spacial score (nSPS) is 11.6. The van der Waals surface area contributed by atoms with Crippen LogP contribution in [0.2, 0.25) is 0 Å². The van der Waals surface area contributed by atoms with Crippen LogP contribution in [-0.4, -0.2) is 98.4 Å². The molecular formula is C50H64F6N8O6S2. The molecule has 14 nitrogen and oxygen atoms in total. The molecule has 3 rings (SSSR count). The molecule has 0 saturated heterocycles. The molecule has 0 radical (unpaired) electrons. The molecule has 0 aliphatic rings. The molecule has 0 heterocycles. The number of hydrogen-bond donors (Lipinski definition) is 8. The zero-order chi connectivity index (χ0) is 53.4. The van der Waals surface area contributed by atoms with Gasteiger partial charge in [-0.3, -0.25) is 39.6 Å². The number of carbonyl (C=O) groups is 6.